The summed E-state index contributed by atoms with van der Waals surface area (Å²) in [4.78, 5) is 10.5. The normalized spacial score (nSPS) is 12.5. The minimum Gasteiger partial charge on any atom is -0.496 e. The topological polar surface area (TPSA) is 72.5 Å². The average molecular weight is 300 g/mol. The highest BCUT2D eigenvalue weighted by Crippen LogP contribution is 2.36. The van der Waals surface area contributed by atoms with Crippen LogP contribution in [0.2, 0.25) is 0 Å². The molecule has 4 nitrogen and oxygen atoms in total. The van der Waals surface area contributed by atoms with E-state index in [1.807, 2.05) is 0 Å². The Morgan fingerprint density at radius 3 is 2.47 bits per heavy atom. The molecule has 0 aliphatic rings. The lowest BCUT2D eigenvalue weighted by atomic mass is 10.0. The first kappa shape index (κ1) is 17.5. The maximum absolute atomic E-state index is 12.7. The smallest absolute Gasteiger partial charge is 0.419 e. The Kier molecular flexibility index (Phi) is 6.11. The second-order valence-electron chi connectivity index (χ2n) is 3.68. The molecule has 0 radical (unpaired) electrons. The fourth-order valence-electron chi connectivity index (χ4n) is 1.44. The molecule has 0 heterocycles. The zero-order valence-corrected chi connectivity index (χ0v) is 10.7. The molecule has 0 saturated heterocycles. The van der Waals surface area contributed by atoms with Crippen LogP contribution in [0, 0.1) is 0 Å². The molecule has 0 unspecified atom stereocenters. The van der Waals surface area contributed by atoms with Crippen molar-refractivity contribution >= 4 is 18.4 Å². The fourth-order valence-corrected chi connectivity index (χ4v) is 1.44. The number of rotatable bonds is 4. The first-order valence-corrected chi connectivity index (χ1v) is 4.98. The van der Waals surface area contributed by atoms with E-state index in [4.69, 9.17) is 10.8 Å². The summed E-state index contributed by atoms with van der Waals surface area (Å²) < 4.78 is 42.7. The monoisotopic (exact) mass is 299 g/mol. The number of aliphatic carboxylic acids is 1. The maximum Gasteiger partial charge on any atom is 0.419 e. The zero-order chi connectivity index (χ0) is 13.9. The number of carboxylic acid groups (broad SMARTS) is 1. The molecule has 0 amide bonds. The van der Waals surface area contributed by atoms with Gasteiger partial charge in [0, 0.05) is 0 Å². The summed E-state index contributed by atoms with van der Waals surface area (Å²) >= 11 is 0. The molecule has 1 aromatic rings. The summed E-state index contributed by atoms with van der Waals surface area (Å²) in [6.07, 6.45) is -4.74. The average Bonchev–Trinajstić information content (AvgIpc) is 2.27. The maximum atomic E-state index is 12.7. The Labute approximate surface area is 113 Å². The summed E-state index contributed by atoms with van der Waals surface area (Å²) in [5, 5.41) is 8.60. The summed E-state index contributed by atoms with van der Waals surface area (Å²) in [5.41, 5.74) is 4.51. The number of hydrogen-bond acceptors (Lipinski definition) is 3. The van der Waals surface area contributed by atoms with Crippen LogP contribution in [-0.2, 0) is 17.4 Å². The molecule has 1 aromatic carbocycles. The second-order valence-corrected chi connectivity index (χ2v) is 3.68. The molecule has 108 valence electrons. The molecule has 0 spiro atoms. The molecule has 1 atom stereocenters. The second kappa shape index (κ2) is 6.63. The van der Waals surface area contributed by atoms with Gasteiger partial charge in [-0.1, -0.05) is 6.07 Å². The number of carbonyl (C=O) groups is 1. The summed E-state index contributed by atoms with van der Waals surface area (Å²) in [6, 6.07) is 2.12. The number of hydrogen-bond donors (Lipinski definition) is 2. The molecule has 1 rings (SSSR count). The van der Waals surface area contributed by atoms with Crippen LogP contribution in [0.15, 0.2) is 18.2 Å². The summed E-state index contributed by atoms with van der Waals surface area (Å²) in [7, 11) is 1.13. The van der Waals surface area contributed by atoms with Crippen molar-refractivity contribution in [1.82, 2.24) is 0 Å². The quantitative estimate of drug-likeness (QED) is 0.893. The predicted octanol–water partition coefficient (Wildman–Crippen LogP) is 2.09. The first-order valence-electron chi connectivity index (χ1n) is 4.98. The Morgan fingerprint density at radius 2 is 2.05 bits per heavy atom. The van der Waals surface area contributed by atoms with Gasteiger partial charge in [0.15, 0.2) is 0 Å². The van der Waals surface area contributed by atoms with Crippen LogP contribution in [-0.4, -0.2) is 24.2 Å². The van der Waals surface area contributed by atoms with Gasteiger partial charge in [-0.05, 0) is 24.1 Å². The third-order valence-electron chi connectivity index (χ3n) is 2.34. The van der Waals surface area contributed by atoms with Crippen molar-refractivity contribution in [2.24, 2.45) is 5.73 Å². The third kappa shape index (κ3) is 4.60. The van der Waals surface area contributed by atoms with Crippen molar-refractivity contribution in [1.29, 1.82) is 0 Å². The van der Waals surface area contributed by atoms with Crippen LogP contribution in [0.3, 0.4) is 0 Å². The number of ether oxygens (including phenoxy) is 1. The molecule has 8 heteroatoms. The number of benzene rings is 1. The molecular weight excluding hydrogens is 287 g/mol. The van der Waals surface area contributed by atoms with Crippen LogP contribution in [0.25, 0.3) is 0 Å². The van der Waals surface area contributed by atoms with Gasteiger partial charge in [-0.15, -0.1) is 12.4 Å². The van der Waals surface area contributed by atoms with Gasteiger partial charge in [0.1, 0.15) is 11.8 Å². The summed E-state index contributed by atoms with van der Waals surface area (Å²) in [5.74, 6) is -1.57. The van der Waals surface area contributed by atoms with E-state index in [2.05, 4.69) is 4.74 Å². The Bertz CT molecular complexity index is 451. The molecular formula is C11H13ClF3NO3. The molecule has 0 aromatic heterocycles. The van der Waals surface area contributed by atoms with Crippen molar-refractivity contribution in [3.8, 4) is 5.75 Å². The number of halogens is 4. The largest absolute Gasteiger partial charge is 0.496 e. The molecule has 19 heavy (non-hydrogen) atoms. The van der Waals surface area contributed by atoms with E-state index in [0.29, 0.717) is 0 Å². The first-order chi connectivity index (χ1) is 8.25. The Morgan fingerprint density at radius 1 is 1.47 bits per heavy atom. The van der Waals surface area contributed by atoms with E-state index in [1.165, 1.54) is 6.07 Å². The highest BCUT2D eigenvalue weighted by Gasteiger charge is 2.34. The van der Waals surface area contributed by atoms with Gasteiger partial charge in [0.25, 0.3) is 0 Å². The van der Waals surface area contributed by atoms with Gasteiger partial charge < -0.3 is 15.6 Å². The van der Waals surface area contributed by atoms with Crippen LogP contribution in [0.5, 0.6) is 5.75 Å². The van der Waals surface area contributed by atoms with Crippen molar-refractivity contribution in [3.05, 3.63) is 29.3 Å². The van der Waals surface area contributed by atoms with Gasteiger partial charge in [0.05, 0.1) is 12.7 Å². The zero-order valence-electron chi connectivity index (χ0n) is 9.90. The van der Waals surface area contributed by atoms with E-state index in [1.54, 1.807) is 0 Å². The Hall–Kier alpha value is -1.47. The van der Waals surface area contributed by atoms with Crippen molar-refractivity contribution in [3.63, 3.8) is 0 Å². The van der Waals surface area contributed by atoms with E-state index in [9.17, 15) is 18.0 Å². The van der Waals surface area contributed by atoms with E-state index in [0.717, 1.165) is 19.2 Å². The SMILES string of the molecule is COc1ccc(C[C@H](N)C(=O)O)cc1C(F)(F)F.Cl. The molecule has 0 aliphatic heterocycles. The molecule has 0 saturated carbocycles. The highest BCUT2D eigenvalue weighted by atomic mass is 35.5. The van der Waals surface area contributed by atoms with Crippen molar-refractivity contribution in [2.45, 2.75) is 18.6 Å². The lowest BCUT2D eigenvalue weighted by Crippen LogP contribution is -2.32. The highest BCUT2D eigenvalue weighted by molar-refractivity contribution is 5.85. The lowest BCUT2D eigenvalue weighted by molar-refractivity contribution is -0.139. The van der Waals surface area contributed by atoms with E-state index >= 15 is 0 Å². The van der Waals surface area contributed by atoms with E-state index < -0.39 is 23.8 Å². The van der Waals surface area contributed by atoms with Crippen LogP contribution < -0.4 is 10.5 Å². The van der Waals surface area contributed by atoms with E-state index in [-0.39, 0.29) is 30.1 Å². The van der Waals surface area contributed by atoms with Gasteiger partial charge in [-0.2, -0.15) is 13.2 Å². The van der Waals surface area contributed by atoms with Gasteiger partial charge in [-0.3, -0.25) is 4.79 Å². The molecule has 3 N–H and O–H groups in total. The molecule has 0 bridgehead atoms. The standard InChI is InChI=1S/C11H12F3NO3.ClH/c1-18-9-3-2-6(5-8(15)10(16)17)4-7(9)11(12,13)14;/h2-4,8H,5,15H2,1H3,(H,16,17);1H/t8-;/m0./s1. The summed E-state index contributed by atoms with van der Waals surface area (Å²) in [6.45, 7) is 0. The minimum atomic E-state index is -4.56. The van der Waals surface area contributed by atoms with Crippen LogP contribution >= 0.6 is 12.4 Å². The van der Waals surface area contributed by atoms with Crippen LogP contribution in [0.4, 0.5) is 13.2 Å². The fraction of sp³-hybridized carbons (Fsp3) is 0.364. The predicted molar refractivity (Wildman–Crippen MR) is 64.6 cm³/mol. The van der Waals surface area contributed by atoms with Crippen molar-refractivity contribution in [2.75, 3.05) is 7.11 Å². The Balaban J connectivity index is 0.00000324. The third-order valence-corrected chi connectivity index (χ3v) is 2.34. The number of alkyl halides is 3. The number of carboxylic acids is 1. The number of nitrogens with two attached hydrogens (primary N) is 1. The van der Waals surface area contributed by atoms with Crippen LogP contribution in [0.1, 0.15) is 11.1 Å². The molecule has 0 aliphatic carbocycles. The molecule has 0 fully saturated rings. The lowest BCUT2D eigenvalue weighted by Gasteiger charge is -2.14. The van der Waals surface area contributed by atoms with Crippen molar-refractivity contribution < 1.29 is 27.8 Å². The van der Waals surface area contributed by atoms with Gasteiger partial charge in [-0.25, -0.2) is 0 Å². The van der Waals surface area contributed by atoms with Gasteiger partial charge >= 0.3 is 12.1 Å². The minimum absolute atomic E-state index is 0. The number of methoxy groups -OCH3 is 1. The van der Waals surface area contributed by atoms with Gasteiger partial charge in [0.2, 0.25) is 0 Å².